The van der Waals surface area contributed by atoms with Crippen LogP contribution in [-0.2, 0) is 10.0 Å². The largest absolute Gasteiger partial charge is 0.384 e. The van der Waals surface area contributed by atoms with E-state index in [0.29, 0.717) is 23.9 Å². The molecule has 1 aliphatic heterocycles. The second-order valence-electron chi connectivity index (χ2n) is 4.75. The fourth-order valence-corrected chi connectivity index (χ4v) is 5.11. The Morgan fingerprint density at radius 3 is 3.00 bits per heavy atom. The van der Waals surface area contributed by atoms with Crippen LogP contribution in [0.1, 0.15) is 18.9 Å². The molecule has 0 saturated carbocycles. The molecule has 0 amide bonds. The SMILES string of the molecule is CCC1CN(S(=O)(=O)c2cccc(C#CCO)c2)CCS1. The molecule has 1 atom stereocenters. The van der Waals surface area contributed by atoms with E-state index >= 15 is 0 Å². The first-order valence-corrected chi connectivity index (χ1v) is 9.38. The minimum absolute atomic E-state index is 0.238. The third-order valence-corrected chi connectivity index (χ3v) is 6.57. The van der Waals surface area contributed by atoms with Gasteiger partial charge in [-0.3, -0.25) is 0 Å². The van der Waals surface area contributed by atoms with E-state index in [1.807, 2.05) is 11.8 Å². The molecule has 1 unspecified atom stereocenters. The summed E-state index contributed by atoms with van der Waals surface area (Å²) in [6.45, 7) is 2.96. The molecule has 0 aromatic heterocycles. The smallest absolute Gasteiger partial charge is 0.243 e. The molecule has 0 bridgehead atoms. The number of nitrogens with zero attached hydrogens (tertiary/aromatic N) is 1. The Hall–Kier alpha value is -1.00. The van der Waals surface area contributed by atoms with E-state index in [-0.39, 0.29) is 11.5 Å². The number of aliphatic hydroxyl groups excluding tert-OH is 1. The second kappa shape index (κ2) is 7.32. The molecule has 6 heteroatoms. The Kier molecular flexibility index (Phi) is 5.71. The van der Waals surface area contributed by atoms with Crippen LogP contribution >= 0.6 is 11.8 Å². The first kappa shape index (κ1) is 16.4. The van der Waals surface area contributed by atoms with Gasteiger partial charge in [0.2, 0.25) is 10.0 Å². The summed E-state index contributed by atoms with van der Waals surface area (Å²) in [6, 6.07) is 6.59. The average molecular weight is 325 g/mol. The molecule has 1 heterocycles. The lowest BCUT2D eigenvalue weighted by Crippen LogP contribution is -2.41. The molecular weight excluding hydrogens is 306 g/mol. The molecule has 1 N–H and O–H groups in total. The van der Waals surface area contributed by atoms with E-state index < -0.39 is 10.0 Å². The predicted octanol–water partition coefficient (Wildman–Crippen LogP) is 1.55. The summed E-state index contributed by atoms with van der Waals surface area (Å²) >= 11 is 1.84. The van der Waals surface area contributed by atoms with Crippen molar-refractivity contribution in [1.82, 2.24) is 4.31 Å². The van der Waals surface area contributed by atoms with Crippen LogP contribution in [0.3, 0.4) is 0 Å². The summed E-state index contributed by atoms with van der Waals surface area (Å²) in [5.74, 6) is 6.11. The number of aliphatic hydroxyl groups is 1. The summed E-state index contributed by atoms with van der Waals surface area (Å²) < 4.78 is 27.0. The lowest BCUT2D eigenvalue weighted by Gasteiger charge is -2.31. The van der Waals surface area contributed by atoms with Crippen molar-refractivity contribution in [1.29, 1.82) is 0 Å². The summed E-state index contributed by atoms with van der Waals surface area (Å²) in [6.07, 6.45) is 0.971. The van der Waals surface area contributed by atoms with Gasteiger partial charge in [0.25, 0.3) is 0 Å². The Balaban J connectivity index is 2.26. The molecule has 1 aromatic carbocycles. The molecule has 1 aliphatic rings. The van der Waals surface area contributed by atoms with Crippen molar-refractivity contribution < 1.29 is 13.5 Å². The van der Waals surface area contributed by atoms with Gasteiger partial charge in [0.05, 0.1) is 4.90 Å². The molecule has 0 aliphatic carbocycles. The normalized spacial score (nSPS) is 19.8. The highest BCUT2D eigenvalue weighted by atomic mass is 32.2. The van der Waals surface area contributed by atoms with E-state index in [4.69, 9.17) is 5.11 Å². The van der Waals surface area contributed by atoms with Gasteiger partial charge < -0.3 is 5.11 Å². The minimum Gasteiger partial charge on any atom is -0.384 e. The highest BCUT2D eigenvalue weighted by Gasteiger charge is 2.29. The van der Waals surface area contributed by atoms with Crippen molar-refractivity contribution in [3.05, 3.63) is 29.8 Å². The fraction of sp³-hybridized carbons (Fsp3) is 0.467. The average Bonchev–Trinajstić information content (AvgIpc) is 2.53. The number of sulfonamides is 1. The van der Waals surface area contributed by atoms with Crippen molar-refractivity contribution in [2.75, 3.05) is 25.4 Å². The number of benzene rings is 1. The van der Waals surface area contributed by atoms with E-state index in [9.17, 15) is 8.42 Å². The number of rotatable bonds is 3. The van der Waals surface area contributed by atoms with E-state index in [1.54, 1.807) is 28.6 Å². The monoisotopic (exact) mass is 325 g/mol. The van der Waals surface area contributed by atoms with Crippen molar-refractivity contribution >= 4 is 21.8 Å². The zero-order valence-electron chi connectivity index (χ0n) is 11.9. The standard InChI is InChI=1S/C15H19NO3S2/c1-2-14-12-16(8-10-20-14)21(18,19)15-7-3-5-13(11-15)6-4-9-17/h3,5,7,11,14,17H,2,8-10,12H2,1H3. The summed E-state index contributed by atoms with van der Waals surface area (Å²) in [7, 11) is -3.46. The van der Waals surface area contributed by atoms with Crippen molar-refractivity contribution in [3.8, 4) is 11.8 Å². The Morgan fingerprint density at radius 2 is 2.29 bits per heavy atom. The quantitative estimate of drug-likeness (QED) is 0.857. The van der Waals surface area contributed by atoms with Gasteiger partial charge in [-0.1, -0.05) is 24.8 Å². The lowest BCUT2D eigenvalue weighted by molar-refractivity contribution is 0.350. The van der Waals surface area contributed by atoms with Gasteiger partial charge in [0, 0.05) is 29.7 Å². The molecular formula is C15H19NO3S2. The molecule has 1 aromatic rings. The summed E-state index contributed by atoms with van der Waals surface area (Å²) in [4.78, 5) is 0.272. The molecule has 4 nitrogen and oxygen atoms in total. The van der Waals surface area contributed by atoms with Crippen molar-refractivity contribution in [2.45, 2.75) is 23.5 Å². The zero-order chi connectivity index (χ0) is 15.3. The van der Waals surface area contributed by atoms with Crippen LogP contribution < -0.4 is 0 Å². The molecule has 0 radical (unpaired) electrons. The topological polar surface area (TPSA) is 57.6 Å². The van der Waals surface area contributed by atoms with Gasteiger partial charge in [0.1, 0.15) is 6.61 Å². The number of hydrogen-bond acceptors (Lipinski definition) is 4. The first-order valence-electron chi connectivity index (χ1n) is 6.89. The molecule has 2 rings (SSSR count). The van der Waals surface area contributed by atoms with Crippen molar-refractivity contribution in [2.24, 2.45) is 0 Å². The van der Waals surface area contributed by atoms with Gasteiger partial charge in [-0.25, -0.2) is 8.42 Å². The summed E-state index contributed by atoms with van der Waals surface area (Å²) in [5, 5.41) is 9.08. The maximum atomic E-state index is 12.7. The Morgan fingerprint density at radius 1 is 1.48 bits per heavy atom. The van der Waals surface area contributed by atoms with Crippen LogP contribution in [0.5, 0.6) is 0 Å². The predicted molar refractivity (Wildman–Crippen MR) is 85.7 cm³/mol. The van der Waals surface area contributed by atoms with Crippen LogP contribution in [0.2, 0.25) is 0 Å². The third kappa shape index (κ3) is 4.01. The summed E-state index contributed by atoms with van der Waals surface area (Å²) in [5.41, 5.74) is 0.601. The Bertz CT molecular complexity index is 646. The zero-order valence-corrected chi connectivity index (χ0v) is 13.6. The second-order valence-corrected chi connectivity index (χ2v) is 8.10. The number of thioether (sulfide) groups is 1. The maximum Gasteiger partial charge on any atom is 0.243 e. The van der Waals surface area contributed by atoms with E-state index in [1.165, 1.54) is 0 Å². The molecule has 114 valence electrons. The molecule has 1 fully saturated rings. The van der Waals surface area contributed by atoms with Gasteiger partial charge in [-0.2, -0.15) is 16.1 Å². The van der Waals surface area contributed by atoms with Crippen LogP contribution in [-0.4, -0.2) is 48.5 Å². The molecule has 21 heavy (non-hydrogen) atoms. The molecule has 1 saturated heterocycles. The third-order valence-electron chi connectivity index (χ3n) is 3.34. The van der Waals surface area contributed by atoms with Gasteiger partial charge in [-0.05, 0) is 24.6 Å². The van der Waals surface area contributed by atoms with Crippen LogP contribution in [0.4, 0.5) is 0 Å². The van der Waals surface area contributed by atoms with Crippen LogP contribution in [0.15, 0.2) is 29.2 Å². The Labute approximate surface area is 130 Å². The number of hydrogen-bond donors (Lipinski definition) is 1. The van der Waals surface area contributed by atoms with Gasteiger partial charge in [-0.15, -0.1) is 0 Å². The van der Waals surface area contributed by atoms with Crippen molar-refractivity contribution in [3.63, 3.8) is 0 Å². The van der Waals surface area contributed by atoms with E-state index in [0.717, 1.165) is 12.2 Å². The van der Waals surface area contributed by atoms with Crippen LogP contribution in [0, 0.1) is 11.8 Å². The van der Waals surface area contributed by atoms with E-state index in [2.05, 4.69) is 18.8 Å². The van der Waals surface area contributed by atoms with Gasteiger partial charge >= 0.3 is 0 Å². The lowest BCUT2D eigenvalue weighted by atomic mass is 10.2. The van der Waals surface area contributed by atoms with Crippen LogP contribution in [0.25, 0.3) is 0 Å². The molecule has 0 spiro atoms. The highest BCUT2D eigenvalue weighted by Crippen LogP contribution is 2.26. The maximum absolute atomic E-state index is 12.7. The highest BCUT2D eigenvalue weighted by molar-refractivity contribution is 8.00. The fourth-order valence-electron chi connectivity index (χ4n) is 2.18. The minimum atomic E-state index is -3.46. The van der Waals surface area contributed by atoms with Gasteiger partial charge in [0.15, 0.2) is 0 Å². The first-order chi connectivity index (χ1) is 10.1.